The van der Waals surface area contributed by atoms with E-state index >= 15 is 0 Å². The first-order chi connectivity index (χ1) is 14.3. The number of halogens is 1. The van der Waals surface area contributed by atoms with Crippen molar-refractivity contribution in [3.05, 3.63) is 65.7 Å². The first-order valence-corrected chi connectivity index (χ1v) is 10.8. The van der Waals surface area contributed by atoms with E-state index in [9.17, 15) is 0 Å². The predicted octanol–water partition coefficient (Wildman–Crippen LogP) is 3.34. The van der Waals surface area contributed by atoms with Gasteiger partial charge in [0, 0.05) is 33.1 Å². The lowest BCUT2D eigenvalue weighted by atomic mass is 10.1. The molecule has 2 heterocycles. The number of likely N-dealkylation sites (tertiary alicyclic amines) is 1. The number of para-hydroxylation sites is 1. The van der Waals surface area contributed by atoms with Gasteiger partial charge >= 0.3 is 0 Å². The minimum absolute atomic E-state index is 0. The van der Waals surface area contributed by atoms with Crippen LogP contribution in [-0.4, -0.2) is 56.7 Å². The lowest BCUT2D eigenvalue weighted by Crippen LogP contribution is -2.44. The molecule has 2 unspecified atom stereocenters. The number of hydrogen-bond acceptors (Lipinski definition) is 3. The van der Waals surface area contributed by atoms with Gasteiger partial charge in [-0.25, -0.2) is 0 Å². The van der Waals surface area contributed by atoms with E-state index in [0.29, 0.717) is 5.92 Å². The van der Waals surface area contributed by atoms with Gasteiger partial charge in [0.15, 0.2) is 5.96 Å². The summed E-state index contributed by atoms with van der Waals surface area (Å²) in [5, 5.41) is 6.94. The number of nitrogens with one attached hydrogen (secondary N) is 2. The summed E-state index contributed by atoms with van der Waals surface area (Å²) < 4.78 is 6.01. The van der Waals surface area contributed by atoms with Crippen LogP contribution in [0.2, 0.25) is 0 Å². The molecule has 4 rings (SSSR count). The summed E-state index contributed by atoms with van der Waals surface area (Å²) in [4.78, 5) is 6.96. The van der Waals surface area contributed by atoms with E-state index in [2.05, 4.69) is 63.0 Å². The van der Waals surface area contributed by atoms with Crippen LogP contribution >= 0.6 is 24.0 Å². The number of ether oxygens (including phenoxy) is 1. The SMILES string of the molecule is CN=C(NCC1CCN(CCc2ccccc2)C1)NCC1Cc2ccccc2O1.I. The van der Waals surface area contributed by atoms with Gasteiger partial charge in [-0.3, -0.25) is 4.99 Å². The summed E-state index contributed by atoms with van der Waals surface area (Å²) in [6.45, 7) is 5.24. The number of hydrogen-bond donors (Lipinski definition) is 2. The van der Waals surface area contributed by atoms with Crippen LogP contribution in [0.25, 0.3) is 0 Å². The molecule has 0 spiro atoms. The Labute approximate surface area is 197 Å². The standard InChI is InChI=1S/C24H32N4O.HI/c1-25-24(27-17-22-15-21-9-5-6-10-23(21)29-22)26-16-20-12-14-28(18-20)13-11-19-7-3-2-4-8-19;/h2-10,20,22H,11-18H2,1H3,(H2,25,26,27);1H. The molecule has 0 amide bonds. The maximum absolute atomic E-state index is 6.01. The Bertz CT molecular complexity index is 789. The van der Waals surface area contributed by atoms with Crippen LogP contribution in [0.15, 0.2) is 59.6 Å². The molecule has 2 aliphatic rings. The molecule has 0 bridgehead atoms. The van der Waals surface area contributed by atoms with Crippen LogP contribution in [0.1, 0.15) is 17.5 Å². The first kappa shape index (κ1) is 22.9. The number of benzene rings is 2. The van der Waals surface area contributed by atoms with Crippen LogP contribution in [0.4, 0.5) is 0 Å². The highest BCUT2D eigenvalue weighted by atomic mass is 127. The molecule has 30 heavy (non-hydrogen) atoms. The molecule has 0 aliphatic carbocycles. The third-order valence-corrected chi connectivity index (χ3v) is 5.92. The predicted molar refractivity (Wildman–Crippen MR) is 134 cm³/mol. The molecule has 1 saturated heterocycles. The summed E-state index contributed by atoms with van der Waals surface area (Å²) in [6.07, 6.45) is 3.51. The van der Waals surface area contributed by atoms with Gasteiger partial charge in [-0.15, -0.1) is 24.0 Å². The lowest BCUT2D eigenvalue weighted by molar-refractivity contribution is 0.235. The zero-order chi connectivity index (χ0) is 19.9. The van der Waals surface area contributed by atoms with Crippen molar-refractivity contribution in [2.24, 2.45) is 10.9 Å². The van der Waals surface area contributed by atoms with Crippen LogP contribution < -0.4 is 15.4 Å². The van der Waals surface area contributed by atoms with Crippen molar-refractivity contribution >= 4 is 29.9 Å². The molecule has 0 radical (unpaired) electrons. The second kappa shape index (κ2) is 11.6. The maximum Gasteiger partial charge on any atom is 0.191 e. The third-order valence-electron chi connectivity index (χ3n) is 5.92. The van der Waals surface area contributed by atoms with Crippen LogP contribution in [0.3, 0.4) is 0 Å². The smallest absolute Gasteiger partial charge is 0.191 e. The fourth-order valence-electron chi connectivity index (χ4n) is 4.25. The van der Waals surface area contributed by atoms with Gasteiger partial charge in [0.2, 0.25) is 0 Å². The minimum Gasteiger partial charge on any atom is -0.488 e. The largest absolute Gasteiger partial charge is 0.488 e. The van der Waals surface area contributed by atoms with Crippen molar-refractivity contribution in [1.82, 2.24) is 15.5 Å². The molecule has 1 fully saturated rings. The lowest BCUT2D eigenvalue weighted by Gasteiger charge is -2.18. The molecule has 0 saturated carbocycles. The number of aliphatic imine (C=N–C) groups is 1. The van der Waals surface area contributed by atoms with Gasteiger partial charge in [-0.05, 0) is 42.5 Å². The molecule has 6 heteroatoms. The fourth-order valence-corrected chi connectivity index (χ4v) is 4.25. The number of nitrogens with zero attached hydrogens (tertiary/aromatic N) is 2. The second-order valence-electron chi connectivity index (χ2n) is 8.08. The van der Waals surface area contributed by atoms with Crippen molar-refractivity contribution in [3.8, 4) is 5.75 Å². The Kier molecular flexibility index (Phi) is 8.81. The number of fused-ring (bicyclic) bond motifs is 1. The molecule has 2 aliphatic heterocycles. The van der Waals surface area contributed by atoms with E-state index in [-0.39, 0.29) is 30.1 Å². The van der Waals surface area contributed by atoms with Crippen LogP contribution in [-0.2, 0) is 12.8 Å². The summed E-state index contributed by atoms with van der Waals surface area (Å²) in [7, 11) is 1.83. The minimum atomic E-state index is 0. The number of guanidine groups is 1. The van der Waals surface area contributed by atoms with E-state index in [1.165, 1.54) is 24.1 Å². The fraction of sp³-hybridized carbons (Fsp3) is 0.458. The molecular formula is C24H33IN4O. The van der Waals surface area contributed by atoms with E-state index < -0.39 is 0 Å². The van der Waals surface area contributed by atoms with Crippen LogP contribution in [0.5, 0.6) is 5.75 Å². The van der Waals surface area contributed by atoms with Crippen molar-refractivity contribution < 1.29 is 4.74 Å². The van der Waals surface area contributed by atoms with E-state index in [1.54, 1.807) is 0 Å². The topological polar surface area (TPSA) is 48.9 Å². The Morgan fingerprint density at radius 1 is 1.07 bits per heavy atom. The van der Waals surface area contributed by atoms with Crippen molar-refractivity contribution in [1.29, 1.82) is 0 Å². The Morgan fingerprint density at radius 2 is 1.83 bits per heavy atom. The van der Waals surface area contributed by atoms with Gasteiger partial charge in [0.1, 0.15) is 11.9 Å². The van der Waals surface area contributed by atoms with Gasteiger partial charge in [0.05, 0.1) is 6.54 Å². The highest BCUT2D eigenvalue weighted by Crippen LogP contribution is 2.27. The average Bonchev–Trinajstić information content (AvgIpc) is 3.39. The molecule has 2 aromatic carbocycles. The Morgan fingerprint density at radius 3 is 2.63 bits per heavy atom. The van der Waals surface area contributed by atoms with E-state index in [0.717, 1.165) is 50.7 Å². The van der Waals surface area contributed by atoms with Crippen molar-refractivity contribution in [2.45, 2.75) is 25.4 Å². The summed E-state index contributed by atoms with van der Waals surface area (Å²) in [5.41, 5.74) is 2.72. The van der Waals surface area contributed by atoms with E-state index in [1.807, 2.05) is 19.2 Å². The van der Waals surface area contributed by atoms with Gasteiger partial charge in [-0.1, -0.05) is 48.5 Å². The zero-order valence-electron chi connectivity index (χ0n) is 17.7. The highest BCUT2D eigenvalue weighted by Gasteiger charge is 2.24. The van der Waals surface area contributed by atoms with Crippen LogP contribution in [0, 0.1) is 5.92 Å². The van der Waals surface area contributed by atoms with E-state index in [4.69, 9.17) is 4.74 Å². The monoisotopic (exact) mass is 520 g/mol. The molecule has 5 nitrogen and oxygen atoms in total. The summed E-state index contributed by atoms with van der Waals surface area (Å²) in [6, 6.07) is 19.1. The Hall–Kier alpha value is -1.80. The van der Waals surface area contributed by atoms with Gasteiger partial charge in [-0.2, -0.15) is 0 Å². The second-order valence-corrected chi connectivity index (χ2v) is 8.08. The normalized spacial score (nSPS) is 20.9. The van der Waals surface area contributed by atoms with Crippen molar-refractivity contribution in [3.63, 3.8) is 0 Å². The molecule has 0 aromatic heterocycles. The van der Waals surface area contributed by atoms with Gasteiger partial charge in [0.25, 0.3) is 0 Å². The zero-order valence-corrected chi connectivity index (χ0v) is 20.0. The maximum atomic E-state index is 6.01. The molecule has 2 aromatic rings. The highest BCUT2D eigenvalue weighted by molar-refractivity contribution is 14.0. The first-order valence-electron chi connectivity index (χ1n) is 10.8. The Balaban J connectivity index is 0.00000256. The molecular weight excluding hydrogens is 487 g/mol. The summed E-state index contributed by atoms with van der Waals surface area (Å²) in [5.74, 6) is 2.56. The number of rotatable bonds is 7. The average molecular weight is 520 g/mol. The quantitative estimate of drug-likeness (QED) is 0.334. The van der Waals surface area contributed by atoms with Crippen molar-refractivity contribution in [2.75, 3.05) is 39.8 Å². The third kappa shape index (κ3) is 6.35. The molecule has 162 valence electrons. The molecule has 2 N–H and O–H groups in total. The van der Waals surface area contributed by atoms with Gasteiger partial charge < -0.3 is 20.3 Å². The summed E-state index contributed by atoms with van der Waals surface area (Å²) >= 11 is 0. The molecule has 2 atom stereocenters.